The lowest BCUT2D eigenvalue weighted by Crippen LogP contribution is -2.38. The minimum absolute atomic E-state index is 0.567. The second-order valence-electron chi connectivity index (χ2n) is 6.43. The number of furan rings is 1. The molecule has 0 amide bonds. The molecule has 0 spiro atoms. The zero-order valence-electron chi connectivity index (χ0n) is 17.4. The fourth-order valence-electron chi connectivity index (χ4n) is 2.86. The summed E-state index contributed by atoms with van der Waals surface area (Å²) in [4.78, 5) is 7.07. The van der Waals surface area contributed by atoms with E-state index in [0.29, 0.717) is 13.2 Å². The molecule has 6 nitrogen and oxygen atoms in total. The van der Waals surface area contributed by atoms with Gasteiger partial charge in [0.1, 0.15) is 18.1 Å². The molecule has 0 aliphatic carbocycles. The lowest BCUT2D eigenvalue weighted by molar-refractivity contribution is 0.221. The maximum absolute atomic E-state index is 6.03. The first-order valence-electron chi connectivity index (χ1n) is 10.2. The molecule has 0 saturated carbocycles. The number of ether oxygens (including phenoxy) is 1. The van der Waals surface area contributed by atoms with E-state index in [1.54, 1.807) is 6.26 Å². The number of aliphatic imine (C=N–C) groups is 1. The van der Waals surface area contributed by atoms with Crippen molar-refractivity contribution in [1.29, 1.82) is 0 Å². The molecule has 0 radical (unpaired) electrons. The summed E-state index contributed by atoms with van der Waals surface area (Å²) in [5.41, 5.74) is 1.09. The maximum atomic E-state index is 6.03. The quantitative estimate of drug-likeness (QED) is 0.433. The van der Waals surface area contributed by atoms with Crippen LogP contribution in [0.25, 0.3) is 0 Å². The van der Waals surface area contributed by atoms with Gasteiger partial charge in [-0.15, -0.1) is 0 Å². The van der Waals surface area contributed by atoms with Gasteiger partial charge in [0.25, 0.3) is 0 Å². The summed E-state index contributed by atoms with van der Waals surface area (Å²) in [5.74, 6) is 2.67. The van der Waals surface area contributed by atoms with Crippen LogP contribution in [0.3, 0.4) is 0 Å². The Labute approximate surface area is 169 Å². The number of benzene rings is 1. The maximum Gasteiger partial charge on any atom is 0.191 e. The van der Waals surface area contributed by atoms with E-state index in [9.17, 15) is 0 Å². The number of rotatable bonds is 12. The Morgan fingerprint density at radius 1 is 1.07 bits per heavy atom. The Balaban J connectivity index is 1.89. The van der Waals surface area contributed by atoms with Gasteiger partial charge in [-0.3, -0.25) is 0 Å². The van der Waals surface area contributed by atoms with Gasteiger partial charge >= 0.3 is 0 Å². The van der Waals surface area contributed by atoms with Crippen LogP contribution in [0, 0.1) is 0 Å². The molecule has 28 heavy (non-hydrogen) atoms. The van der Waals surface area contributed by atoms with Crippen LogP contribution in [0.2, 0.25) is 0 Å². The van der Waals surface area contributed by atoms with E-state index in [4.69, 9.17) is 14.1 Å². The third kappa shape index (κ3) is 7.64. The van der Waals surface area contributed by atoms with Gasteiger partial charge in [0.2, 0.25) is 0 Å². The molecule has 0 fully saturated rings. The molecule has 154 valence electrons. The average molecular weight is 387 g/mol. The Hall–Kier alpha value is -2.47. The van der Waals surface area contributed by atoms with Crippen LogP contribution in [0.15, 0.2) is 52.1 Å². The third-order valence-electron chi connectivity index (χ3n) is 4.53. The second kappa shape index (κ2) is 12.8. The summed E-state index contributed by atoms with van der Waals surface area (Å²) >= 11 is 0. The lowest BCUT2D eigenvalue weighted by Gasteiger charge is -2.18. The van der Waals surface area contributed by atoms with Crippen LogP contribution in [0.1, 0.15) is 32.1 Å². The molecule has 1 heterocycles. The van der Waals surface area contributed by atoms with Crippen molar-refractivity contribution in [3.63, 3.8) is 0 Å². The van der Waals surface area contributed by atoms with Crippen LogP contribution in [0.4, 0.5) is 0 Å². The van der Waals surface area contributed by atoms with E-state index in [0.717, 1.165) is 62.2 Å². The van der Waals surface area contributed by atoms with Gasteiger partial charge in [0.05, 0.1) is 12.8 Å². The van der Waals surface area contributed by atoms with Crippen molar-refractivity contribution < 1.29 is 9.15 Å². The molecule has 2 rings (SSSR count). The largest absolute Gasteiger partial charge is 0.492 e. The standard InChI is InChI=1S/C22H34N4O2/c1-4-23-22(24-14-13-20-11-9-16-27-20)25-18-19-10-7-8-12-21(19)28-17-15-26(5-2)6-3/h7-12,16H,4-6,13-15,17-18H2,1-3H3,(H2,23,24,25). The van der Waals surface area contributed by atoms with Crippen molar-refractivity contribution >= 4 is 5.96 Å². The average Bonchev–Trinajstić information content (AvgIpc) is 3.24. The monoisotopic (exact) mass is 386 g/mol. The summed E-state index contributed by atoms with van der Waals surface area (Å²) in [6, 6.07) is 12.0. The molecule has 0 atom stereocenters. The van der Waals surface area contributed by atoms with Crippen LogP contribution in [0.5, 0.6) is 5.75 Å². The number of para-hydroxylation sites is 1. The van der Waals surface area contributed by atoms with Crippen molar-refractivity contribution in [2.75, 3.05) is 39.3 Å². The van der Waals surface area contributed by atoms with Gasteiger partial charge in [0.15, 0.2) is 5.96 Å². The number of nitrogens with zero attached hydrogens (tertiary/aromatic N) is 2. The first kappa shape index (κ1) is 21.8. The Bertz CT molecular complexity index is 682. The summed E-state index contributed by atoms with van der Waals surface area (Å²) in [7, 11) is 0. The molecular weight excluding hydrogens is 352 g/mol. The SMILES string of the molecule is CCNC(=NCc1ccccc1OCCN(CC)CC)NCCc1ccco1. The first-order chi connectivity index (χ1) is 13.8. The van der Waals surface area contributed by atoms with E-state index in [2.05, 4.69) is 42.4 Å². The van der Waals surface area contributed by atoms with Crippen molar-refractivity contribution in [3.05, 3.63) is 54.0 Å². The fraction of sp³-hybridized carbons (Fsp3) is 0.500. The molecule has 6 heteroatoms. The predicted molar refractivity (Wildman–Crippen MR) is 115 cm³/mol. The highest BCUT2D eigenvalue weighted by Crippen LogP contribution is 2.18. The van der Waals surface area contributed by atoms with Crippen molar-refractivity contribution in [2.45, 2.75) is 33.7 Å². The lowest BCUT2D eigenvalue weighted by atomic mass is 10.2. The van der Waals surface area contributed by atoms with Gasteiger partial charge < -0.3 is 24.7 Å². The van der Waals surface area contributed by atoms with E-state index in [1.165, 1.54) is 0 Å². The normalized spacial score (nSPS) is 11.6. The van der Waals surface area contributed by atoms with E-state index >= 15 is 0 Å². The fourth-order valence-corrected chi connectivity index (χ4v) is 2.86. The highest BCUT2D eigenvalue weighted by Gasteiger charge is 2.05. The third-order valence-corrected chi connectivity index (χ3v) is 4.53. The number of nitrogens with one attached hydrogen (secondary N) is 2. The van der Waals surface area contributed by atoms with E-state index in [-0.39, 0.29) is 0 Å². The van der Waals surface area contributed by atoms with Crippen molar-refractivity contribution in [3.8, 4) is 5.75 Å². The molecule has 1 aromatic heterocycles. The zero-order chi connectivity index (χ0) is 20.0. The van der Waals surface area contributed by atoms with Gasteiger partial charge in [-0.05, 0) is 38.2 Å². The van der Waals surface area contributed by atoms with Crippen LogP contribution in [-0.4, -0.2) is 50.2 Å². The molecule has 0 aliphatic rings. The van der Waals surface area contributed by atoms with Gasteiger partial charge in [-0.1, -0.05) is 32.0 Å². The highest BCUT2D eigenvalue weighted by molar-refractivity contribution is 5.79. The molecular formula is C22H34N4O2. The summed E-state index contributed by atoms with van der Waals surface area (Å²) < 4.78 is 11.4. The minimum atomic E-state index is 0.567. The molecule has 2 N–H and O–H groups in total. The van der Waals surface area contributed by atoms with Gasteiger partial charge in [-0.25, -0.2) is 4.99 Å². The summed E-state index contributed by atoms with van der Waals surface area (Å²) in [6.07, 6.45) is 2.52. The first-order valence-corrected chi connectivity index (χ1v) is 10.2. The number of hydrogen-bond acceptors (Lipinski definition) is 4. The summed E-state index contributed by atoms with van der Waals surface area (Å²) in [5, 5.41) is 6.64. The number of likely N-dealkylation sites (N-methyl/N-ethyl adjacent to an activating group) is 1. The molecule has 0 saturated heterocycles. The minimum Gasteiger partial charge on any atom is -0.492 e. The summed E-state index contributed by atoms with van der Waals surface area (Å²) in [6.45, 7) is 12.3. The molecule has 0 bridgehead atoms. The Morgan fingerprint density at radius 3 is 2.61 bits per heavy atom. The molecule has 2 aromatic rings. The molecule has 0 unspecified atom stereocenters. The van der Waals surface area contributed by atoms with Gasteiger partial charge in [0, 0.05) is 31.6 Å². The molecule has 1 aromatic carbocycles. The zero-order valence-corrected chi connectivity index (χ0v) is 17.4. The Morgan fingerprint density at radius 2 is 1.89 bits per heavy atom. The van der Waals surface area contributed by atoms with Crippen molar-refractivity contribution in [1.82, 2.24) is 15.5 Å². The number of hydrogen-bond donors (Lipinski definition) is 2. The van der Waals surface area contributed by atoms with Crippen molar-refractivity contribution in [2.24, 2.45) is 4.99 Å². The van der Waals surface area contributed by atoms with E-state index in [1.807, 2.05) is 30.3 Å². The van der Waals surface area contributed by atoms with Gasteiger partial charge in [-0.2, -0.15) is 0 Å². The Kier molecular flexibility index (Phi) is 10.0. The van der Waals surface area contributed by atoms with Crippen LogP contribution < -0.4 is 15.4 Å². The highest BCUT2D eigenvalue weighted by atomic mass is 16.5. The van der Waals surface area contributed by atoms with Crippen LogP contribution in [-0.2, 0) is 13.0 Å². The predicted octanol–water partition coefficient (Wildman–Crippen LogP) is 3.30. The second-order valence-corrected chi connectivity index (χ2v) is 6.43. The molecule has 0 aliphatic heterocycles. The van der Waals surface area contributed by atoms with E-state index < -0.39 is 0 Å². The van der Waals surface area contributed by atoms with Crippen LogP contribution >= 0.6 is 0 Å². The number of guanidine groups is 1. The topological polar surface area (TPSA) is 62.0 Å². The smallest absolute Gasteiger partial charge is 0.191 e.